The molecule has 0 unspecified atom stereocenters. The van der Waals surface area contributed by atoms with E-state index in [1.165, 1.54) is 14.0 Å². The highest BCUT2D eigenvalue weighted by atomic mass is 19.1. The molecule has 0 radical (unpaired) electrons. The summed E-state index contributed by atoms with van der Waals surface area (Å²) < 4.78 is 36.1. The lowest BCUT2D eigenvalue weighted by Gasteiger charge is -2.14. The van der Waals surface area contributed by atoms with Gasteiger partial charge in [-0.3, -0.25) is 4.79 Å². The molecular formula is C17H15F2NO4. The van der Waals surface area contributed by atoms with Gasteiger partial charge in [-0.1, -0.05) is 0 Å². The lowest BCUT2D eigenvalue weighted by Crippen LogP contribution is -2.30. The Bertz CT molecular complexity index is 727. The summed E-state index contributed by atoms with van der Waals surface area (Å²) in [5, 5.41) is 2.55. The average molecular weight is 335 g/mol. The highest BCUT2D eigenvalue weighted by Gasteiger charge is 2.20. The SMILES string of the molecule is COc1ccc(NC(=O)[C@H](C)OC(=O)c2cc(F)cc(F)c2)cc1. The Balaban J connectivity index is 1.98. The molecule has 0 aliphatic heterocycles. The van der Waals surface area contributed by atoms with Crippen LogP contribution in [0.4, 0.5) is 14.5 Å². The fourth-order valence-electron chi connectivity index (χ4n) is 1.87. The van der Waals surface area contributed by atoms with Crippen LogP contribution in [0, 0.1) is 11.6 Å². The van der Waals surface area contributed by atoms with Crippen molar-refractivity contribution in [2.24, 2.45) is 0 Å². The number of hydrogen-bond donors (Lipinski definition) is 1. The van der Waals surface area contributed by atoms with Gasteiger partial charge in [-0.05, 0) is 43.3 Å². The monoisotopic (exact) mass is 335 g/mol. The van der Waals surface area contributed by atoms with Crippen molar-refractivity contribution >= 4 is 17.6 Å². The molecule has 1 N–H and O–H groups in total. The summed E-state index contributed by atoms with van der Waals surface area (Å²) in [5.41, 5.74) is 0.178. The second kappa shape index (κ2) is 7.54. The van der Waals surface area contributed by atoms with E-state index in [-0.39, 0.29) is 5.56 Å². The summed E-state index contributed by atoms with van der Waals surface area (Å²) >= 11 is 0. The molecule has 0 bridgehead atoms. The minimum atomic E-state index is -1.15. The third-order valence-corrected chi connectivity index (χ3v) is 3.11. The first-order valence-electron chi connectivity index (χ1n) is 7.01. The standard InChI is InChI=1S/C17H15F2NO4/c1-10(16(21)20-14-3-5-15(23-2)6-4-14)24-17(22)11-7-12(18)9-13(19)8-11/h3-10H,1-2H3,(H,20,21)/t10-/m0/s1. The maximum absolute atomic E-state index is 13.1. The summed E-state index contributed by atoms with van der Waals surface area (Å²) in [5.74, 6) is -2.76. The number of rotatable bonds is 5. The summed E-state index contributed by atoms with van der Waals surface area (Å²) in [7, 11) is 1.52. The van der Waals surface area contributed by atoms with Crippen LogP contribution in [0.3, 0.4) is 0 Å². The van der Waals surface area contributed by atoms with Crippen LogP contribution in [0.15, 0.2) is 42.5 Å². The van der Waals surface area contributed by atoms with E-state index in [0.29, 0.717) is 17.5 Å². The van der Waals surface area contributed by atoms with Crippen molar-refractivity contribution in [2.75, 3.05) is 12.4 Å². The second-order valence-corrected chi connectivity index (χ2v) is 4.92. The van der Waals surface area contributed by atoms with Gasteiger partial charge in [-0.2, -0.15) is 0 Å². The van der Waals surface area contributed by atoms with Crippen LogP contribution in [-0.2, 0) is 9.53 Å². The Hall–Kier alpha value is -2.96. The number of hydrogen-bond acceptors (Lipinski definition) is 4. The van der Waals surface area contributed by atoms with E-state index in [0.717, 1.165) is 12.1 Å². The van der Waals surface area contributed by atoms with Crippen LogP contribution < -0.4 is 10.1 Å². The van der Waals surface area contributed by atoms with Crippen LogP contribution >= 0.6 is 0 Å². The van der Waals surface area contributed by atoms with Crippen molar-refractivity contribution in [1.29, 1.82) is 0 Å². The highest BCUT2D eigenvalue weighted by Crippen LogP contribution is 2.16. The number of amides is 1. The summed E-state index contributed by atoms with van der Waals surface area (Å²) in [4.78, 5) is 23.8. The Morgan fingerprint density at radius 1 is 1.04 bits per heavy atom. The van der Waals surface area contributed by atoms with Crippen molar-refractivity contribution in [1.82, 2.24) is 0 Å². The Kier molecular flexibility index (Phi) is 5.47. The third kappa shape index (κ3) is 4.52. The van der Waals surface area contributed by atoms with Gasteiger partial charge in [0.25, 0.3) is 5.91 Å². The number of methoxy groups -OCH3 is 1. The van der Waals surface area contributed by atoms with Gasteiger partial charge in [0.2, 0.25) is 0 Å². The summed E-state index contributed by atoms with van der Waals surface area (Å²) in [6.07, 6.45) is -1.15. The molecule has 0 heterocycles. The maximum Gasteiger partial charge on any atom is 0.339 e. The molecular weight excluding hydrogens is 320 g/mol. The number of halogens is 2. The number of carbonyl (C=O) groups excluding carboxylic acids is 2. The van der Waals surface area contributed by atoms with Crippen molar-refractivity contribution in [2.45, 2.75) is 13.0 Å². The van der Waals surface area contributed by atoms with Gasteiger partial charge in [-0.25, -0.2) is 13.6 Å². The van der Waals surface area contributed by atoms with Crippen LogP contribution in [0.25, 0.3) is 0 Å². The van der Waals surface area contributed by atoms with E-state index >= 15 is 0 Å². The molecule has 126 valence electrons. The lowest BCUT2D eigenvalue weighted by atomic mass is 10.2. The van der Waals surface area contributed by atoms with E-state index in [2.05, 4.69) is 5.32 Å². The van der Waals surface area contributed by atoms with E-state index in [4.69, 9.17) is 9.47 Å². The molecule has 2 rings (SSSR count). The number of carbonyl (C=O) groups is 2. The maximum atomic E-state index is 13.1. The van der Waals surface area contributed by atoms with Gasteiger partial charge < -0.3 is 14.8 Å². The minimum Gasteiger partial charge on any atom is -0.497 e. The Morgan fingerprint density at radius 2 is 1.62 bits per heavy atom. The van der Waals surface area contributed by atoms with Gasteiger partial charge >= 0.3 is 5.97 Å². The molecule has 24 heavy (non-hydrogen) atoms. The first-order valence-corrected chi connectivity index (χ1v) is 7.01. The number of ether oxygens (including phenoxy) is 2. The molecule has 0 aliphatic carbocycles. The average Bonchev–Trinajstić information content (AvgIpc) is 2.54. The van der Waals surface area contributed by atoms with Crippen molar-refractivity contribution < 1.29 is 27.8 Å². The molecule has 1 amide bonds. The highest BCUT2D eigenvalue weighted by molar-refractivity contribution is 5.97. The molecule has 7 heteroatoms. The van der Waals surface area contributed by atoms with Gasteiger partial charge in [-0.15, -0.1) is 0 Å². The first-order chi connectivity index (χ1) is 11.4. The van der Waals surface area contributed by atoms with Gasteiger partial charge in [0.05, 0.1) is 12.7 Å². The lowest BCUT2D eigenvalue weighted by molar-refractivity contribution is -0.123. The Labute approximate surface area is 137 Å². The number of esters is 1. The van der Waals surface area contributed by atoms with Gasteiger partial charge in [0, 0.05) is 11.8 Å². The van der Waals surface area contributed by atoms with Gasteiger partial charge in [0.15, 0.2) is 6.10 Å². The molecule has 0 saturated carbocycles. The van der Waals surface area contributed by atoms with E-state index in [9.17, 15) is 18.4 Å². The zero-order chi connectivity index (χ0) is 17.7. The molecule has 1 atom stereocenters. The van der Waals surface area contributed by atoms with Gasteiger partial charge in [0.1, 0.15) is 17.4 Å². The second-order valence-electron chi connectivity index (χ2n) is 4.92. The van der Waals surface area contributed by atoms with Crippen LogP contribution in [0.2, 0.25) is 0 Å². The van der Waals surface area contributed by atoms with Crippen LogP contribution in [0.5, 0.6) is 5.75 Å². The smallest absolute Gasteiger partial charge is 0.339 e. The fraction of sp³-hybridized carbons (Fsp3) is 0.176. The van der Waals surface area contributed by atoms with Crippen molar-refractivity contribution in [3.8, 4) is 5.75 Å². The largest absolute Gasteiger partial charge is 0.497 e. The molecule has 0 fully saturated rings. The molecule has 2 aromatic carbocycles. The van der Waals surface area contributed by atoms with Crippen LogP contribution in [-0.4, -0.2) is 25.1 Å². The topological polar surface area (TPSA) is 64.6 Å². The molecule has 5 nitrogen and oxygen atoms in total. The van der Waals surface area contributed by atoms with Crippen molar-refractivity contribution in [3.05, 3.63) is 59.7 Å². The van der Waals surface area contributed by atoms with E-state index in [1.807, 2.05) is 0 Å². The predicted molar refractivity (Wildman–Crippen MR) is 82.9 cm³/mol. The summed E-state index contributed by atoms with van der Waals surface area (Å²) in [6, 6.07) is 8.85. The molecule has 0 spiro atoms. The number of benzene rings is 2. The normalized spacial score (nSPS) is 11.5. The molecule has 0 aliphatic rings. The zero-order valence-electron chi connectivity index (χ0n) is 13.0. The molecule has 0 aromatic heterocycles. The first kappa shape index (κ1) is 17.4. The van der Waals surface area contributed by atoms with E-state index < -0.39 is 29.6 Å². The number of anilines is 1. The van der Waals surface area contributed by atoms with E-state index in [1.54, 1.807) is 24.3 Å². The minimum absolute atomic E-state index is 0.309. The van der Waals surface area contributed by atoms with Crippen molar-refractivity contribution in [3.63, 3.8) is 0 Å². The van der Waals surface area contributed by atoms with Crippen LogP contribution in [0.1, 0.15) is 17.3 Å². The molecule has 0 saturated heterocycles. The summed E-state index contributed by atoms with van der Waals surface area (Å²) in [6.45, 7) is 1.35. The zero-order valence-corrected chi connectivity index (χ0v) is 13.0. The predicted octanol–water partition coefficient (Wildman–Crippen LogP) is 3.16. The molecule has 2 aromatic rings. The quantitative estimate of drug-likeness (QED) is 0.853. The number of nitrogens with one attached hydrogen (secondary N) is 1. The Morgan fingerprint density at radius 3 is 2.17 bits per heavy atom. The third-order valence-electron chi connectivity index (χ3n) is 3.11. The fourth-order valence-corrected chi connectivity index (χ4v) is 1.87.